The molecule has 0 spiro atoms. The Bertz CT molecular complexity index is 803. The molecule has 1 aromatic carbocycles. The predicted octanol–water partition coefficient (Wildman–Crippen LogP) is 3.58. The Hall–Kier alpha value is -2.03. The monoisotopic (exact) mass is 292 g/mol. The van der Waals surface area contributed by atoms with Crippen molar-refractivity contribution in [3.05, 3.63) is 47.7 Å². The minimum absolute atomic E-state index is 0.190. The highest BCUT2D eigenvalue weighted by Gasteiger charge is 2.52. The number of fused-ring (bicyclic) bond motifs is 7. The van der Waals surface area contributed by atoms with E-state index in [2.05, 4.69) is 53.2 Å². The van der Waals surface area contributed by atoms with Crippen LogP contribution in [0.3, 0.4) is 0 Å². The molecule has 1 amide bonds. The smallest absolute Gasteiger partial charge is 0.227 e. The Kier molecular flexibility index (Phi) is 2.42. The number of nitrogens with one attached hydrogen (secondary N) is 1. The number of aromatic nitrogens is 1. The summed E-state index contributed by atoms with van der Waals surface area (Å²) >= 11 is 0. The lowest BCUT2D eigenvalue weighted by atomic mass is 9.79. The van der Waals surface area contributed by atoms with E-state index in [0.29, 0.717) is 17.9 Å². The summed E-state index contributed by atoms with van der Waals surface area (Å²) < 4.78 is 0. The average Bonchev–Trinajstić information content (AvgIpc) is 3.05. The van der Waals surface area contributed by atoms with E-state index in [1.54, 1.807) is 0 Å². The van der Waals surface area contributed by atoms with E-state index >= 15 is 0 Å². The molecule has 112 valence electrons. The number of H-pyrrole nitrogens is 1. The van der Waals surface area contributed by atoms with Gasteiger partial charge >= 0.3 is 0 Å². The SMILES string of the molecule is C[C@@H]1Cc2c([nH]c3ccccc23)[C@H]2[C@H]3CC=CC[C@@H]3C(=O)N12. The molecule has 1 saturated heterocycles. The zero-order valence-corrected chi connectivity index (χ0v) is 12.8. The van der Waals surface area contributed by atoms with Gasteiger partial charge in [-0.15, -0.1) is 0 Å². The number of rotatable bonds is 0. The predicted molar refractivity (Wildman–Crippen MR) is 86.4 cm³/mol. The van der Waals surface area contributed by atoms with E-state index in [1.165, 1.54) is 22.2 Å². The molecule has 0 radical (unpaired) electrons. The van der Waals surface area contributed by atoms with Gasteiger partial charge in [0.15, 0.2) is 0 Å². The van der Waals surface area contributed by atoms with Crippen LogP contribution in [0.1, 0.15) is 37.1 Å². The van der Waals surface area contributed by atoms with Gasteiger partial charge in [-0.1, -0.05) is 30.4 Å². The third kappa shape index (κ3) is 1.44. The van der Waals surface area contributed by atoms with Gasteiger partial charge in [-0.25, -0.2) is 0 Å². The molecule has 4 atom stereocenters. The van der Waals surface area contributed by atoms with E-state index in [4.69, 9.17) is 0 Å². The summed E-state index contributed by atoms with van der Waals surface area (Å²) in [7, 11) is 0. The number of amides is 1. The van der Waals surface area contributed by atoms with Crippen LogP contribution in [0.2, 0.25) is 0 Å². The zero-order valence-electron chi connectivity index (χ0n) is 12.8. The summed E-state index contributed by atoms with van der Waals surface area (Å²) in [5, 5.41) is 1.34. The second kappa shape index (κ2) is 4.25. The van der Waals surface area contributed by atoms with Gasteiger partial charge in [0.1, 0.15) is 0 Å². The lowest BCUT2D eigenvalue weighted by Crippen LogP contribution is -2.42. The number of hydrogen-bond acceptors (Lipinski definition) is 1. The third-order valence-electron chi connectivity index (χ3n) is 5.88. The number of para-hydroxylation sites is 1. The molecule has 0 bridgehead atoms. The lowest BCUT2D eigenvalue weighted by Gasteiger charge is -2.37. The maximum absolute atomic E-state index is 12.9. The van der Waals surface area contributed by atoms with Crippen LogP contribution in [0.4, 0.5) is 0 Å². The van der Waals surface area contributed by atoms with Crippen molar-refractivity contribution in [1.29, 1.82) is 0 Å². The van der Waals surface area contributed by atoms with Crippen LogP contribution in [0.25, 0.3) is 10.9 Å². The second-order valence-electron chi connectivity index (χ2n) is 7.02. The van der Waals surface area contributed by atoms with Gasteiger partial charge in [-0.2, -0.15) is 0 Å². The van der Waals surface area contributed by atoms with Gasteiger partial charge in [-0.05, 0) is 37.8 Å². The van der Waals surface area contributed by atoms with Crippen molar-refractivity contribution in [2.24, 2.45) is 11.8 Å². The number of benzene rings is 1. The van der Waals surface area contributed by atoms with Crippen molar-refractivity contribution in [3.63, 3.8) is 0 Å². The Morgan fingerprint density at radius 2 is 2.00 bits per heavy atom. The minimum atomic E-state index is 0.190. The van der Waals surface area contributed by atoms with Gasteiger partial charge in [0.2, 0.25) is 5.91 Å². The van der Waals surface area contributed by atoms with Crippen LogP contribution < -0.4 is 0 Å². The normalized spacial score (nSPS) is 33.0. The first-order valence-corrected chi connectivity index (χ1v) is 8.32. The number of carbonyl (C=O) groups excluding carboxylic acids is 1. The first kappa shape index (κ1) is 12.5. The fourth-order valence-electron chi connectivity index (χ4n) is 4.93. The van der Waals surface area contributed by atoms with Crippen LogP contribution >= 0.6 is 0 Å². The quantitative estimate of drug-likeness (QED) is 0.740. The van der Waals surface area contributed by atoms with Crippen LogP contribution in [-0.2, 0) is 11.2 Å². The summed E-state index contributed by atoms with van der Waals surface area (Å²) in [6.45, 7) is 2.21. The van der Waals surface area contributed by atoms with Gasteiger partial charge < -0.3 is 9.88 Å². The number of allylic oxidation sites excluding steroid dienone is 2. The first-order chi connectivity index (χ1) is 10.8. The van der Waals surface area contributed by atoms with Gasteiger partial charge in [0.05, 0.1) is 6.04 Å². The third-order valence-corrected chi connectivity index (χ3v) is 5.88. The molecular formula is C19H20N2O. The highest BCUT2D eigenvalue weighted by atomic mass is 16.2. The molecule has 5 rings (SSSR count). The van der Waals surface area contributed by atoms with Gasteiger partial charge in [-0.3, -0.25) is 4.79 Å². The molecule has 1 N–H and O–H groups in total. The fourth-order valence-corrected chi connectivity index (χ4v) is 4.93. The van der Waals surface area contributed by atoms with Crippen molar-refractivity contribution < 1.29 is 4.79 Å². The largest absolute Gasteiger partial charge is 0.356 e. The minimum Gasteiger partial charge on any atom is -0.356 e. The van der Waals surface area contributed by atoms with Crippen LogP contribution in [-0.4, -0.2) is 21.8 Å². The highest BCUT2D eigenvalue weighted by Crippen LogP contribution is 2.51. The number of aromatic amines is 1. The zero-order chi connectivity index (χ0) is 14.8. The molecule has 3 heterocycles. The standard InChI is InChI=1S/C19H20N2O/c1-11-10-15-12-6-4-5-9-16(12)20-17(15)18-13-7-2-3-8-14(13)19(22)21(11)18/h2-6,9,11,13-14,18,20H,7-8,10H2,1H3/t11-,13+,14+,18-/m1/s1. The Morgan fingerprint density at radius 3 is 2.91 bits per heavy atom. The highest BCUT2D eigenvalue weighted by molar-refractivity contribution is 5.88. The van der Waals surface area contributed by atoms with Gasteiger partial charge in [0.25, 0.3) is 0 Å². The van der Waals surface area contributed by atoms with Crippen LogP contribution in [0.5, 0.6) is 0 Å². The molecular weight excluding hydrogens is 272 g/mol. The van der Waals surface area contributed by atoms with E-state index in [1.807, 2.05) is 0 Å². The van der Waals surface area contributed by atoms with E-state index < -0.39 is 0 Å². The molecule has 0 unspecified atom stereocenters. The summed E-state index contributed by atoms with van der Waals surface area (Å²) in [4.78, 5) is 18.7. The average molecular weight is 292 g/mol. The molecule has 3 heteroatoms. The van der Waals surface area contributed by atoms with Crippen LogP contribution in [0, 0.1) is 11.8 Å². The number of nitrogens with zero attached hydrogens (tertiary/aromatic N) is 1. The number of hydrogen-bond donors (Lipinski definition) is 1. The molecule has 2 aromatic rings. The van der Waals surface area contributed by atoms with Crippen molar-refractivity contribution >= 4 is 16.8 Å². The molecule has 2 aliphatic heterocycles. The summed E-state index contributed by atoms with van der Waals surface area (Å²) in [6.07, 6.45) is 7.36. The molecule has 1 aromatic heterocycles. The van der Waals surface area contributed by atoms with Crippen molar-refractivity contribution in [3.8, 4) is 0 Å². The number of carbonyl (C=O) groups is 1. The van der Waals surface area contributed by atoms with Crippen molar-refractivity contribution in [2.75, 3.05) is 0 Å². The summed E-state index contributed by atoms with van der Waals surface area (Å²) in [5.41, 5.74) is 3.95. The Morgan fingerprint density at radius 1 is 1.18 bits per heavy atom. The molecule has 3 nitrogen and oxygen atoms in total. The maximum atomic E-state index is 12.9. The molecule has 3 aliphatic rings. The van der Waals surface area contributed by atoms with Crippen molar-refractivity contribution in [1.82, 2.24) is 9.88 Å². The second-order valence-corrected chi connectivity index (χ2v) is 7.02. The lowest BCUT2D eigenvalue weighted by molar-refractivity contribution is -0.134. The molecule has 0 saturated carbocycles. The molecule has 1 fully saturated rings. The molecule has 1 aliphatic carbocycles. The van der Waals surface area contributed by atoms with E-state index in [-0.39, 0.29) is 12.0 Å². The first-order valence-electron chi connectivity index (χ1n) is 8.32. The van der Waals surface area contributed by atoms with Crippen LogP contribution in [0.15, 0.2) is 36.4 Å². The van der Waals surface area contributed by atoms with E-state index in [9.17, 15) is 4.79 Å². The topological polar surface area (TPSA) is 36.1 Å². The Balaban J connectivity index is 1.73. The van der Waals surface area contributed by atoms with Crippen molar-refractivity contribution in [2.45, 2.75) is 38.3 Å². The molecule has 22 heavy (non-hydrogen) atoms. The Labute approximate surface area is 130 Å². The summed E-state index contributed by atoms with van der Waals surface area (Å²) in [6, 6.07) is 9.10. The summed E-state index contributed by atoms with van der Waals surface area (Å²) in [5.74, 6) is 0.998. The van der Waals surface area contributed by atoms with E-state index in [0.717, 1.165) is 19.3 Å². The van der Waals surface area contributed by atoms with Gasteiger partial charge in [0, 0.05) is 34.5 Å². The fraction of sp³-hybridized carbons (Fsp3) is 0.421. The maximum Gasteiger partial charge on any atom is 0.227 e.